The molecule has 102 valence electrons. The molecule has 4 nitrogen and oxygen atoms in total. The summed E-state index contributed by atoms with van der Waals surface area (Å²) < 4.78 is 11.3. The number of nitriles is 1. The summed E-state index contributed by atoms with van der Waals surface area (Å²) in [5.41, 5.74) is 1.17. The van der Waals surface area contributed by atoms with Crippen molar-refractivity contribution in [1.29, 1.82) is 5.26 Å². The summed E-state index contributed by atoms with van der Waals surface area (Å²) in [6.07, 6.45) is 2.29. The summed E-state index contributed by atoms with van der Waals surface area (Å²) >= 11 is 0. The third-order valence-electron chi connectivity index (χ3n) is 3.31. The number of rotatable bonds is 4. The van der Waals surface area contributed by atoms with Gasteiger partial charge in [-0.15, -0.1) is 0 Å². The monoisotopic (exact) mass is 260 g/mol. The van der Waals surface area contributed by atoms with Crippen molar-refractivity contribution in [3.05, 3.63) is 23.8 Å². The Hall–Kier alpha value is -1.73. The van der Waals surface area contributed by atoms with Gasteiger partial charge in [0.15, 0.2) is 11.5 Å². The fraction of sp³-hybridized carbons (Fsp3) is 0.533. The highest BCUT2D eigenvalue weighted by molar-refractivity contribution is 5.44. The fourth-order valence-corrected chi connectivity index (χ4v) is 2.31. The van der Waals surface area contributed by atoms with Crippen LogP contribution in [-0.2, 0) is 0 Å². The molecular weight excluding hydrogens is 240 g/mol. The lowest BCUT2D eigenvalue weighted by molar-refractivity contribution is 0.283. The molecule has 1 heterocycles. The van der Waals surface area contributed by atoms with Gasteiger partial charge in [0, 0.05) is 18.9 Å². The molecule has 1 atom stereocenters. The maximum atomic E-state index is 8.76. The van der Waals surface area contributed by atoms with E-state index in [1.54, 1.807) is 0 Å². The molecule has 1 aromatic carbocycles. The van der Waals surface area contributed by atoms with E-state index >= 15 is 0 Å². The van der Waals surface area contributed by atoms with Crippen LogP contribution in [0.2, 0.25) is 0 Å². The van der Waals surface area contributed by atoms with Crippen LogP contribution in [0.15, 0.2) is 18.2 Å². The van der Waals surface area contributed by atoms with Gasteiger partial charge in [0.1, 0.15) is 0 Å². The van der Waals surface area contributed by atoms with E-state index in [0.29, 0.717) is 19.6 Å². The molecule has 1 aliphatic rings. The van der Waals surface area contributed by atoms with E-state index in [4.69, 9.17) is 14.7 Å². The first-order valence-corrected chi connectivity index (χ1v) is 6.65. The van der Waals surface area contributed by atoms with E-state index in [0.717, 1.165) is 24.3 Å². The molecule has 0 radical (unpaired) electrons. The second-order valence-corrected chi connectivity index (χ2v) is 4.93. The molecule has 0 N–H and O–H groups in total. The normalized spacial score (nSPS) is 15.7. The van der Waals surface area contributed by atoms with Gasteiger partial charge < -0.3 is 14.4 Å². The average Bonchev–Trinajstić information content (AvgIpc) is 2.63. The molecule has 0 aliphatic carbocycles. The molecule has 0 fully saturated rings. The third kappa shape index (κ3) is 3.39. The summed E-state index contributed by atoms with van der Waals surface area (Å²) in [5.74, 6) is 1.64. The largest absolute Gasteiger partial charge is 0.490 e. The maximum Gasteiger partial charge on any atom is 0.161 e. The SMILES string of the molecule is CN(C)C(CCC#N)c1ccc2c(c1)OCCCO2. The van der Waals surface area contributed by atoms with Gasteiger partial charge >= 0.3 is 0 Å². The zero-order valence-corrected chi connectivity index (χ0v) is 11.6. The number of ether oxygens (including phenoxy) is 2. The molecule has 0 aromatic heterocycles. The Kier molecular flexibility index (Phi) is 4.64. The zero-order valence-electron chi connectivity index (χ0n) is 11.6. The minimum Gasteiger partial charge on any atom is -0.490 e. The third-order valence-corrected chi connectivity index (χ3v) is 3.31. The molecule has 2 rings (SSSR count). The molecule has 0 bridgehead atoms. The molecule has 1 aliphatic heterocycles. The number of hydrogen-bond acceptors (Lipinski definition) is 4. The number of hydrogen-bond donors (Lipinski definition) is 0. The standard InChI is InChI=1S/C15H20N2O2/c1-17(2)13(5-3-8-16)12-6-7-14-15(11-12)19-10-4-9-18-14/h6-7,11,13H,3-5,9-10H2,1-2H3. The van der Waals surface area contributed by atoms with Crippen molar-refractivity contribution < 1.29 is 9.47 Å². The molecular formula is C15H20N2O2. The maximum absolute atomic E-state index is 8.76. The highest BCUT2D eigenvalue weighted by Crippen LogP contribution is 2.34. The molecule has 1 aromatic rings. The van der Waals surface area contributed by atoms with Gasteiger partial charge in [-0.1, -0.05) is 6.07 Å². The van der Waals surface area contributed by atoms with Gasteiger partial charge in [0.2, 0.25) is 0 Å². The number of nitrogens with zero attached hydrogens (tertiary/aromatic N) is 2. The number of fused-ring (bicyclic) bond motifs is 1. The van der Waals surface area contributed by atoms with Crippen LogP contribution in [-0.4, -0.2) is 32.2 Å². The van der Waals surface area contributed by atoms with Gasteiger partial charge in [-0.2, -0.15) is 5.26 Å². The van der Waals surface area contributed by atoms with Crippen molar-refractivity contribution in [3.8, 4) is 17.6 Å². The van der Waals surface area contributed by atoms with E-state index in [1.807, 2.05) is 26.2 Å². The zero-order chi connectivity index (χ0) is 13.7. The van der Waals surface area contributed by atoms with Crippen molar-refractivity contribution >= 4 is 0 Å². The summed E-state index contributed by atoms with van der Waals surface area (Å²) in [4.78, 5) is 2.14. The predicted molar refractivity (Wildman–Crippen MR) is 73.3 cm³/mol. The van der Waals surface area contributed by atoms with Crippen LogP contribution in [0.4, 0.5) is 0 Å². The highest BCUT2D eigenvalue weighted by Gasteiger charge is 2.17. The van der Waals surface area contributed by atoms with E-state index in [-0.39, 0.29) is 6.04 Å². The Morgan fingerprint density at radius 2 is 2.00 bits per heavy atom. The smallest absolute Gasteiger partial charge is 0.161 e. The Balaban J connectivity index is 2.23. The van der Waals surface area contributed by atoms with Crippen molar-refractivity contribution in [3.63, 3.8) is 0 Å². The highest BCUT2D eigenvalue weighted by atomic mass is 16.5. The van der Waals surface area contributed by atoms with E-state index in [1.165, 1.54) is 5.56 Å². The van der Waals surface area contributed by atoms with Gasteiger partial charge in [-0.3, -0.25) is 0 Å². The molecule has 0 spiro atoms. The summed E-state index contributed by atoms with van der Waals surface area (Å²) in [6, 6.07) is 8.53. The second kappa shape index (κ2) is 6.44. The summed E-state index contributed by atoms with van der Waals surface area (Å²) in [6.45, 7) is 1.40. The van der Waals surface area contributed by atoms with Crippen LogP contribution < -0.4 is 9.47 Å². The Morgan fingerprint density at radius 3 is 2.68 bits per heavy atom. The summed E-state index contributed by atoms with van der Waals surface area (Å²) in [5, 5.41) is 8.76. The second-order valence-electron chi connectivity index (χ2n) is 4.93. The molecule has 1 unspecified atom stereocenters. The Morgan fingerprint density at radius 1 is 1.26 bits per heavy atom. The molecule has 0 amide bonds. The molecule has 0 saturated carbocycles. The van der Waals surface area contributed by atoms with Crippen molar-refractivity contribution in [2.24, 2.45) is 0 Å². The van der Waals surface area contributed by atoms with Crippen molar-refractivity contribution in [2.75, 3.05) is 27.3 Å². The van der Waals surface area contributed by atoms with Gasteiger partial charge in [0.25, 0.3) is 0 Å². The molecule has 4 heteroatoms. The van der Waals surface area contributed by atoms with E-state index in [9.17, 15) is 0 Å². The quantitative estimate of drug-likeness (QED) is 0.835. The van der Waals surface area contributed by atoms with Gasteiger partial charge in [0.05, 0.1) is 19.3 Å². The number of benzene rings is 1. The molecule has 0 saturated heterocycles. The first kappa shape index (κ1) is 13.7. The van der Waals surface area contributed by atoms with E-state index < -0.39 is 0 Å². The van der Waals surface area contributed by atoms with Crippen LogP contribution in [0.25, 0.3) is 0 Å². The summed E-state index contributed by atoms with van der Waals surface area (Å²) in [7, 11) is 4.07. The Labute approximate surface area is 114 Å². The molecule has 19 heavy (non-hydrogen) atoms. The van der Waals surface area contributed by atoms with E-state index in [2.05, 4.69) is 17.0 Å². The van der Waals surface area contributed by atoms with Crippen LogP contribution in [0.1, 0.15) is 30.9 Å². The fourth-order valence-electron chi connectivity index (χ4n) is 2.31. The lowest BCUT2D eigenvalue weighted by atomic mass is 10.0. The van der Waals surface area contributed by atoms with Crippen LogP contribution in [0, 0.1) is 11.3 Å². The average molecular weight is 260 g/mol. The first-order valence-electron chi connectivity index (χ1n) is 6.65. The van der Waals surface area contributed by atoms with Gasteiger partial charge in [-0.25, -0.2) is 0 Å². The Bertz CT molecular complexity index is 466. The topological polar surface area (TPSA) is 45.5 Å². The van der Waals surface area contributed by atoms with Crippen molar-refractivity contribution in [2.45, 2.75) is 25.3 Å². The van der Waals surface area contributed by atoms with Crippen LogP contribution in [0.3, 0.4) is 0 Å². The van der Waals surface area contributed by atoms with Gasteiger partial charge in [-0.05, 0) is 38.2 Å². The lowest BCUT2D eigenvalue weighted by Crippen LogP contribution is -2.19. The van der Waals surface area contributed by atoms with Crippen molar-refractivity contribution in [1.82, 2.24) is 4.90 Å². The minimum atomic E-state index is 0.233. The predicted octanol–water partition coefficient (Wildman–Crippen LogP) is 2.75. The first-order chi connectivity index (χ1) is 9.22. The lowest BCUT2D eigenvalue weighted by Gasteiger charge is -2.24. The minimum absolute atomic E-state index is 0.233. The van der Waals surface area contributed by atoms with Crippen LogP contribution >= 0.6 is 0 Å². The van der Waals surface area contributed by atoms with Crippen LogP contribution in [0.5, 0.6) is 11.5 Å².